The van der Waals surface area contributed by atoms with Crippen LogP contribution in [-0.2, 0) is 4.74 Å². The lowest BCUT2D eigenvalue weighted by molar-refractivity contribution is 0.0115. The Labute approximate surface area is 230 Å². The quantitative estimate of drug-likeness (QED) is 0.519. The number of hydrogen-bond donors (Lipinski definition) is 2. The highest BCUT2D eigenvalue weighted by Gasteiger charge is 2.27. The van der Waals surface area contributed by atoms with Crippen molar-refractivity contribution in [2.45, 2.75) is 38.3 Å². The molecule has 1 aromatic carbocycles. The normalized spacial score (nSPS) is 23.2. The molecule has 5 heterocycles. The van der Waals surface area contributed by atoms with E-state index in [9.17, 15) is 4.79 Å². The lowest BCUT2D eigenvalue weighted by Gasteiger charge is -2.40. The van der Waals surface area contributed by atoms with E-state index < -0.39 is 0 Å². The molecule has 0 radical (unpaired) electrons. The molecule has 3 fully saturated rings. The number of rotatable bonds is 5. The Morgan fingerprint density at radius 1 is 1.03 bits per heavy atom. The van der Waals surface area contributed by atoms with Crippen LogP contribution in [0.2, 0.25) is 0 Å². The highest BCUT2D eigenvalue weighted by Crippen LogP contribution is 2.30. The number of amides is 1. The van der Waals surface area contributed by atoms with Crippen molar-refractivity contribution in [3.05, 3.63) is 54.5 Å². The first-order valence-electron chi connectivity index (χ1n) is 14.3. The predicted molar refractivity (Wildman–Crippen MR) is 156 cm³/mol. The minimum absolute atomic E-state index is 0.118. The zero-order valence-electron chi connectivity index (χ0n) is 22.8. The van der Waals surface area contributed by atoms with E-state index in [0.29, 0.717) is 23.3 Å². The summed E-state index contributed by atoms with van der Waals surface area (Å²) >= 11 is 0. The second-order valence-electron chi connectivity index (χ2n) is 11.3. The first-order chi connectivity index (χ1) is 19.0. The summed E-state index contributed by atoms with van der Waals surface area (Å²) in [5.74, 6) is 0.254. The van der Waals surface area contributed by atoms with Gasteiger partial charge in [0.05, 0.1) is 36.3 Å². The van der Waals surface area contributed by atoms with Gasteiger partial charge < -0.3 is 25.6 Å². The van der Waals surface area contributed by atoms with Crippen molar-refractivity contribution in [1.29, 1.82) is 0 Å². The molecule has 3 aromatic rings. The smallest absolute Gasteiger partial charge is 0.274 e. The molecule has 2 atom stereocenters. The lowest BCUT2D eigenvalue weighted by Crippen LogP contribution is -2.49. The van der Waals surface area contributed by atoms with Gasteiger partial charge in [-0.3, -0.25) is 14.7 Å². The maximum absolute atomic E-state index is 13.3. The summed E-state index contributed by atoms with van der Waals surface area (Å²) in [7, 11) is 0. The molecule has 39 heavy (non-hydrogen) atoms. The van der Waals surface area contributed by atoms with Crippen LogP contribution in [0.25, 0.3) is 10.9 Å². The van der Waals surface area contributed by atoms with E-state index in [1.807, 2.05) is 12.1 Å². The molecule has 2 unspecified atom stereocenters. The molecule has 3 N–H and O–H groups in total. The minimum atomic E-state index is -0.239. The number of aromatic nitrogens is 2. The lowest BCUT2D eigenvalue weighted by atomic mass is 9.96. The van der Waals surface area contributed by atoms with Gasteiger partial charge in [-0.05, 0) is 49.4 Å². The fraction of sp³-hybridized carbons (Fsp3) is 0.500. The van der Waals surface area contributed by atoms with Crippen LogP contribution in [0, 0.1) is 5.92 Å². The van der Waals surface area contributed by atoms with Crippen LogP contribution < -0.4 is 20.9 Å². The molecule has 9 heteroatoms. The summed E-state index contributed by atoms with van der Waals surface area (Å²) in [5.41, 5.74) is 10.3. The maximum atomic E-state index is 13.3. The standard InChI is InChI=1S/C30H39N7O2/c1-21-16-23(31)20-37(19-21)29-6-9-32-18-28(29)34-30(38)26-5-3-22-2-4-25(17-27(22)33-26)35-10-7-24(8-11-35)36-12-14-39-15-13-36/h2-6,9,17-18,21,23-24H,7-8,10-16,19-20,31H2,1H3,(H,34,38). The van der Waals surface area contributed by atoms with Crippen LogP contribution in [0.1, 0.15) is 36.7 Å². The van der Waals surface area contributed by atoms with Crippen LogP contribution in [-0.4, -0.2) is 85.3 Å². The van der Waals surface area contributed by atoms with E-state index in [2.05, 4.69) is 50.1 Å². The largest absolute Gasteiger partial charge is 0.379 e. The molecular formula is C30H39N7O2. The zero-order valence-corrected chi connectivity index (χ0v) is 22.8. The van der Waals surface area contributed by atoms with E-state index in [0.717, 1.165) is 94.0 Å². The van der Waals surface area contributed by atoms with Gasteiger partial charge in [-0.1, -0.05) is 19.1 Å². The van der Waals surface area contributed by atoms with E-state index in [-0.39, 0.29) is 11.9 Å². The van der Waals surface area contributed by atoms with Gasteiger partial charge in [0.2, 0.25) is 0 Å². The number of nitrogens with zero attached hydrogens (tertiary/aromatic N) is 5. The number of ether oxygens (including phenoxy) is 1. The molecule has 206 valence electrons. The van der Waals surface area contributed by atoms with Gasteiger partial charge in [-0.25, -0.2) is 4.98 Å². The van der Waals surface area contributed by atoms with Crippen LogP contribution in [0.5, 0.6) is 0 Å². The van der Waals surface area contributed by atoms with Crippen LogP contribution in [0.15, 0.2) is 48.8 Å². The zero-order chi connectivity index (χ0) is 26.8. The number of nitrogens with one attached hydrogen (secondary N) is 1. The van der Waals surface area contributed by atoms with Gasteiger partial charge in [0.25, 0.3) is 5.91 Å². The average Bonchev–Trinajstić information content (AvgIpc) is 2.97. The van der Waals surface area contributed by atoms with Crippen molar-refractivity contribution >= 4 is 33.9 Å². The van der Waals surface area contributed by atoms with Gasteiger partial charge in [-0.2, -0.15) is 0 Å². The van der Waals surface area contributed by atoms with Gasteiger partial charge in [-0.15, -0.1) is 0 Å². The van der Waals surface area contributed by atoms with Gasteiger partial charge in [0.1, 0.15) is 5.69 Å². The van der Waals surface area contributed by atoms with Crippen molar-refractivity contribution in [2.75, 3.05) is 67.6 Å². The van der Waals surface area contributed by atoms with Crippen LogP contribution >= 0.6 is 0 Å². The second kappa shape index (κ2) is 11.5. The number of anilines is 3. The number of carbonyl (C=O) groups is 1. The van der Waals surface area contributed by atoms with Gasteiger partial charge >= 0.3 is 0 Å². The SMILES string of the molecule is CC1CC(N)CN(c2ccncc2NC(=O)c2ccc3ccc(N4CCC(N5CCOCC5)CC4)cc3n2)C1. The summed E-state index contributed by atoms with van der Waals surface area (Å²) < 4.78 is 5.53. The number of piperidine rings is 2. The molecule has 0 bridgehead atoms. The third-order valence-corrected chi connectivity index (χ3v) is 8.38. The number of fused-ring (bicyclic) bond motifs is 1. The molecular weight excluding hydrogens is 490 g/mol. The highest BCUT2D eigenvalue weighted by atomic mass is 16.5. The third-order valence-electron chi connectivity index (χ3n) is 8.38. The Kier molecular flexibility index (Phi) is 7.63. The summed E-state index contributed by atoms with van der Waals surface area (Å²) in [6.45, 7) is 9.71. The summed E-state index contributed by atoms with van der Waals surface area (Å²) in [6, 6.07) is 12.9. The molecule has 9 nitrogen and oxygen atoms in total. The molecule has 2 aromatic heterocycles. The second-order valence-corrected chi connectivity index (χ2v) is 11.3. The Hall–Kier alpha value is -3.27. The number of pyridine rings is 2. The Morgan fingerprint density at radius 2 is 1.82 bits per heavy atom. The van der Waals surface area contributed by atoms with Crippen LogP contribution in [0.3, 0.4) is 0 Å². The predicted octanol–water partition coefficient (Wildman–Crippen LogP) is 3.36. The first kappa shape index (κ1) is 26.0. The van der Waals surface area contributed by atoms with Crippen molar-refractivity contribution in [1.82, 2.24) is 14.9 Å². The van der Waals surface area contributed by atoms with E-state index in [1.165, 1.54) is 0 Å². The monoisotopic (exact) mass is 529 g/mol. The van der Waals surface area contributed by atoms with Gasteiger partial charge in [0.15, 0.2) is 0 Å². The Morgan fingerprint density at radius 3 is 2.62 bits per heavy atom. The molecule has 3 saturated heterocycles. The van der Waals surface area contributed by atoms with Gasteiger partial charge in [0, 0.05) is 68.6 Å². The number of benzene rings is 1. The number of nitrogens with two attached hydrogens (primary N) is 1. The first-order valence-corrected chi connectivity index (χ1v) is 14.3. The van der Waals surface area contributed by atoms with Crippen molar-refractivity contribution in [2.24, 2.45) is 11.7 Å². The van der Waals surface area contributed by atoms with Crippen molar-refractivity contribution < 1.29 is 9.53 Å². The summed E-state index contributed by atoms with van der Waals surface area (Å²) in [6.07, 6.45) is 6.79. The summed E-state index contributed by atoms with van der Waals surface area (Å²) in [5, 5.41) is 4.09. The van der Waals surface area contributed by atoms with Crippen LogP contribution in [0.4, 0.5) is 17.1 Å². The molecule has 0 spiro atoms. The average molecular weight is 530 g/mol. The topological polar surface area (TPSA) is 99.8 Å². The van der Waals surface area contributed by atoms with Crippen molar-refractivity contribution in [3.8, 4) is 0 Å². The molecule has 3 aliphatic heterocycles. The fourth-order valence-corrected chi connectivity index (χ4v) is 6.40. The number of morpholine rings is 1. The van der Waals surface area contributed by atoms with E-state index in [1.54, 1.807) is 18.5 Å². The van der Waals surface area contributed by atoms with E-state index in [4.69, 9.17) is 15.5 Å². The summed E-state index contributed by atoms with van der Waals surface area (Å²) in [4.78, 5) is 29.6. The highest BCUT2D eigenvalue weighted by molar-refractivity contribution is 6.05. The fourth-order valence-electron chi connectivity index (χ4n) is 6.40. The molecule has 3 aliphatic rings. The maximum Gasteiger partial charge on any atom is 0.274 e. The molecule has 6 rings (SSSR count). The molecule has 0 saturated carbocycles. The Balaban J connectivity index is 1.16. The number of carbonyl (C=O) groups excluding carboxylic acids is 1. The van der Waals surface area contributed by atoms with Crippen molar-refractivity contribution in [3.63, 3.8) is 0 Å². The minimum Gasteiger partial charge on any atom is -0.379 e. The third kappa shape index (κ3) is 5.85. The Bertz CT molecular complexity index is 1290. The molecule has 1 amide bonds. The molecule has 0 aliphatic carbocycles. The van der Waals surface area contributed by atoms with E-state index >= 15 is 0 Å². The number of hydrogen-bond acceptors (Lipinski definition) is 8.